The molecule has 4 aromatic rings. The molecule has 0 aliphatic heterocycles. The number of thiophene rings is 1. The smallest absolute Gasteiger partial charge is 0.255 e. The van der Waals surface area contributed by atoms with Gasteiger partial charge in [0, 0.05) is 23.4 Å². The zero-order chi connectivity index (χ0) is 26.5. The van der Waals surface area contributed by atoms with Crippen LogP contribution in [0.3, 0.4) is 0 Å². The molecule has 0 radical (unpaired) electrons. The van der Waals surface area contributed by atoms with Crippen LogP contribution in [-0.2, 0) is 11.2 Å². The van der Waals surface area contributed by atoms with Crippen molar-refractivity contribution in [3.8, 4) is 33.8 Å². The Morgan fingerprint density at radius 1 is 1.16 bits per heavy atom. The third-order valence-corrected chi connectivity index (χ3v) is 6.50. The van der Waals surface area contributed by atoms with Crippen molar-refractivity contribution in [2.75, 3.05) is 26.6 Å². The highest BCUT2D eigenvalue weighted by molar-refractivity contribution is 7.13. The largest absolute Gasteiger partial charge is 0.493 e. The monoisotopic (exact) mass is 521 g/mol. The summed E-state index contributed by atoms with van der Waals surface area (Å²) in [5.41, 5.74) is 2.29. The Hall–Kier alpha value is -4.38. The summed E-state index contributed by atoms with van der Waals surface area (Å²) in [6.07, 6.45) is 3.56. The van der Waals surface area contributed by atoms with Gasteiger partial charge in [0.15, 0.2) is 11.5 Å². The quantitative estimate of drug-likeness (QED) is 0.316. The standard InChI is InChI=1S/C26H27N5O5S/c1-6-17-15(2)27-26(29-25(17)33)31-22(14-18(30-31)21-8-7-11-37-21)28-23(32)10-9-16-12-19(34-3)24(36-5)20(13-16)35-4/h7-14H,6H2,1-5H3,(H,28,32)(H,27,29,33)/b10-9-. The molecule has 0 bridgehead atoms. The number of carbonyl (C=O) groups excluding carboxylic acids is 1. The van der Waals surface area contributed by atoms with Gasteiger partial charge in [-0.3, -0.25) is 14.6 Å². The normalized spacial score (nSPS) is 11.1. The van der Waals surface area contributed by atoms with Crippen LogP contribution in [0.15, 0.2) is 46.6 Å². The van der Waals surface area contributed by atoms with Gasteiger partial charge in [-0.1, -0.05) is 13.0 Å². The lowest BCUT2D eigenvalue weighted by atomic mass is 10.1. The molecule has 192 valence electrons. The Kier molecular flexibility index (Phi) is 7.73. The number of hydrogen-bond donors (Lipinski definition) is 2. The Bertz CT molecular complexity index is 1480. The summed E-state index contributed by atoms with van der Waals surface area (Å²) in [7, 11) is 4.57. The van der Waals surface area contributed by atoms with Crippen molar-refractivity contribution < 1.29 is 19.0 Å². The van der Waals surface area contributed by atoms with Crippen molar-refractivity contribution in [2.24, 2.45) is 0 Å². The lowest BCUT2D eigenvalue weighted by Crippen LogP contribution is -2.21. The van der Waals surface area contributed by atoms with E-state index < -0.39 is 5.91 Å². The van der Waals surface area contributed by atoms with E-state index in [0.717, 1.165) is 4.88 Å². The number of aryl methyl sites for hydroxylation is 1. The van der Waals surface area contributed by atoms with Crippen LogP contribution in [0.2, 0.25) is 0 Å². The van der Waals surface area contributed by atoms with Crippen LogP contribution in [0.5, 0.6) is 17.2 Å². The second kappa shape index (κ2) is 11.1. The maximum atomic E-state index is 12.9. The minimum atomic E-state index is -0.406. The number of nitrogens with zero attached hydrogens (tertiary/aromatic N) is 3. The van der Waals surface area contributed by atoms with Gasteiger partial charge in [-0.2, -0.15) is 9.78 Å². The van der Waals surface area contributed by atoms with E-state index in [0.29, 0.717) is 52.0 Å². The summed E-state index contributed by atoms with van der Waals surface area (Å²) in [5, 5.41) is 9.38. The first-order chi connectivity index (χ1) is 17.9. The van der Waals surface area contributed by atoms with E-state index in [1.54, 1.807) is 31.2 Å². The highest BCUT2D eigenvalue weighted by Gasteiger charge is 2.17. The average Bonchev–Trinajstić information content (AvgIpc) is 3.57. The number of benzene rings is 1. The number of methoxy groups -OCH3 is 3. The predicted octanol–water partition coefficient (Wildman–Crippen LogP) is 4.23. The number of H-pyrrole nitrogens is 1. The summed E-state index contributed by atoms with van der Waals surface area (Å²) in [5.74, 6) is 1.57. The van der Waals surface area contributed by atoms with E-state index in [2.05, 4.69) is 20.4 Å². The summed E-state index contributed by atoms with van der Waals surface area (Å²) >= 11 is 1.51. The molecule has 0 aliphatic rings. The van der Waals surface area contributed by atoms with Crippen molar-refractivity contribution in [1.82, 2.24) is 19.7 Å². The van der Waals surface area contributed by atoms with Crippen LogP contribution in [0.4, 0.5) is 5.82 Å². The highest BCUT2D eigenvalue weighted by Crippen LogP contribution is 2.38. The molecule has 0 atom stereocenters. The van der Waals surface area contributed by atoms with Gasteiger partial charge in [0.2, 0.25) is 17.6 Å². The molecule has 0 aliphatic carbocycles. The molecule has 0 fully saturated rings. The molecule has 11 heteroatoms. The first kappa shape index (κ1) is 25.7. The first-order valence-corrected chi connectivity index (χ1v) is 12.3. The Labute approximate surface area is 217 Å². The fourth-order valence-corrected chi connectivity index (χ4v) is 4.51. The van der Waals surface area contributed by atoms with Crippen LogP contribution >= 0.6 is 11.3 Å². The summed E-state index contributed by atoms with van der Waals surface area (Å²) < 4.78 is 17.5. The van der Waals surface area contributed by atoms with Gasteiger partial charge in [0.05, 0.1) is 26.2 Å². The molecule has 0 spiro atoms. The third kappa shape index (κ3) is 5.41. The van der Waals surface area contributed by atoms with Crippen LogP contribution < -0.4 is 25.1 Å². The fraction of sp³-hybridized carbons (Fsp3) is 0.231. The Morgan fingerprint density at radius 3 is 2.46 bits per heavy atom. The van der Waals surface area contributed by atoms with E-state index in [1.165, 1.54) is 43.4 Å². The first-order valence-electron chi connectivity index (χ1n) is 11.4. The SMILES string of the molecule is CCc1c(C)nc(-n2nc(-c3cccs3)cc2NC(=O)/C=C\c2cc(OC)c(OC)c(OC)c2)[nH]c1=O. The Morgan fingerprint density at radius 2 is 1.89 bits per heavy atom. The molecule has 4 rings (SSSR count). The predicted molar refractivity (Wildman–Crippen MR) is 143 cm³/mol. The lowest BCUT2D eigenvalue weighted by molar-refractivity contribution is -0.111. The van der Waals surface area contributed by atoms with E-state index in [9.17, 15) is 9.59 Å². The van der Waals surface area contributed by atoms with Gasteiger partial charge >= 0.3 is 0 Å². The number of anilines is 1. The minimum absolute atomic E-state index is 0.214. The topological polar surface area (TPSA) is 120 Å². The lowest BCUT2D eigenvalue weighted by Gasteiger charge is -2.12. The fourth-order valence-electron chi connectivity index (χ4n) is 3.83. The van der Waals surface area contributed by atoms with Crippen LogP contribution in [0, 0.1) is 6.92 Å². The Balaban J connectivity index is 1.67. The number of ether oxygens (including phenoxy) is 3. The molecule has 0 saturated heterocycles. The average molecular weight is 522 g/mol. The molecular weight excluding hydrogens is 494 g/mol. The van der Waals surface area contributed by atoms with Crippen molar-refractivity contribution in [3.63, 3.8) is 0 Å². The van der Waals surface area contributed by atoms with E-state index >= 15 is 0 Å². The van der Waals surface area contributed by atoms with E-state index in [-0.39, 0.29) is 11.5 Å². The number of aromatic nitrogens is 4. The molecule has 0 saturated carbocycles. The molecule has 1 aromatic carbocycles. The summed E-state index contributed by atoms with van der Waals surface area (Å²) in [6.45, 7) is 3.67. The van der Waals surface area contributed by atoms with Crippen molar-refractivity contribution in [2.45, 2.75) is 20.3 Å². The summed E-state index contributed by atoms with van der Waals surface area (Å²) in [4.78, 5) is 33.7. The molecule has 3 heterocycles. The molecule has 2 N–H and O–H groups in total. The van der Waals surface area contributed by atoms with Gasteiger partial charge in [0.1, 0.15) is 11.5 Å². The summed E-state index contributed by atoms with van der Waals surface area (Å²) in [6, 6.07) is 9.04. The van der Waals surface area contributed by atoms with Crippen molar-refractivity contribution in [1.29, 1.82) is 0 Å². The highest BCUT2D eigenvalue weighted by atomic mass is 32.1. The maximum absolute atomic E-state index is 12.9. The molecule has 1 amide bonds. The van der Waals surface area contributed by atoms with Gasteiger partial charge < -0.3 is 19.5 Å². The molecular formula is C26H27N5O5S. The van der Waals surface area contributed by atoms with E-state index in [1.807, 2.05) is 24.4 Å². The molecule has 3 aromatic heterocycles. The second-order valence-corrected chi connectivity index (χ2v) is 8.84. The van der Waals surface area contributed by atoms with Gasteiger partial charge in [-0.05, 0) is 48.6 Å². The second-order valence-electron chi connectivity index (χ2n) is 7.89. The van der Waals surface area contributed by atoms with Crippen molar-refractivity contribution >= 4 is 29.1 Å². The molecule has 10 nitrogen and oxygen atoms in total. The number of carbonyl (C=O) groups is 1. The number of aromatic amines is 1. The number of nitrogens with one attached hydrogen (secondary N) is 2. The van der Waals surface area contributed by atoms with Gasteiger partial charge in [-0.25, -0.2) is 4.98 Å². The minimum Gasteiger partial charge on any atom is -0.493 e. The van der Waals surface area contributed by atoms with Gasteiger partial charge in [0.25, 0.3) is 5.56 Å². The molecule has 0 unspecified atom stereocenters. The zero-order valence-electron chi connectivity index (χ0n) is 21.1. The number of hydrogen-bond acceptors (Lipinski definition) is 8. The van der Waals surface area contributed by atoms with E-state index in [4.69, 9.17) is 14.2 Å². The van der Waals surface area contributed by atoms with Crippen LogP contribution in [-0.4, -0.2) is 47.0 Å². The third-order valence-electron chi connectivity index (χ3n) is 5.61. The number of amides is 1. The van der Waals surface area contributed by atoms with Crippen molar-refractivity contribution in [3.05, 3.63) is 69.0 Å². The maximum Gasteiger partial charge on any atom is 0.255 e. The van der Waals surface area contributed by atoms with Crippen LogP contribution in [0.1, 0.15) is 23.7 Å². The molecule has 37 heavy (non-hydrogen) atoms. The number of rotatable bonds is 9. The zero-order valence-corrected chi connectivity index (χ0v) is 21.9. The van der Waals surface area contributed by atoms with Gasteiger partial charge in [-0.15, -0.1) is 11.3 Å². The van der Waals surface area contributed by atoms with Crippen LogP contribution in [0.25, 0.3) is 22.6 Å².